The van der Waals surface area contributed by atoms with Gasteiger partial charge in [-0.3, -0.25) is 0 Å². The largest absolute Gasteiger partial charge is 0.0616 e. The smallest absolute Gasteiger partial charge is 0.0349 e. The number of benzene rings is 6. The molecule has 6 aromatic rings. The minimum Gasteiger partial charge on any atom is -0.0616 e. The summed E-state index contributed by atoms with van der Waals surface area (Å²) in [7, 11) is 0. The van der Waals surface area contributed by atoms with Crippen molar-refractivity contribution < 1.29 is 0 Å². The van der Waals surface area contributed by atoms with E-state index in [9.17, 15) is 0 Å². The van der Waals surface area contributed by atoms with E-state index in [4.69, 9.17) is 0 Å². The Labute approximate surface area is 189 Å². The van der Waals surface area contributed by atoms with E-state index >= 15 is 0 Å². The van der Waals surface area contributed by atoms with Crippen molar-refractivity contribution in [3.05, 3.63) is 92.1 Å². The molecule has 0 fully saturated rings. The van der Waals surface area contributed by atoms with E-state index in [1.165, 1.54) is 61.0 Å². The van der Waals surface area contributed by atoms with Crippen molar-refractivity contribution in [2.75, 3.05) is 0 Å². The summed E-state index contributed by atoms with van der Waals surface area (Å²) in [5, 5.41) is 13.5. The molecule has 2 heteroatoms. The van der Waals surface area contributed by atoms with Gasteiger partial charge in [-0.2, -0.15) is 0 Å². The zero-order chi connectivity index (χ0) is 18.8. The Morgan fingerprint density at radius 2 is 0.750 bits per heavy atom. The van der Waals surface area contributed by atoms with E-state index < -0.39 is 0 Å². The maximum atomic E-state index is 2.53. The molecule has 0 aliphatic heterocycles. The van der Waals surface area contributed by atoms with Crippen LogP contribution < -0.4 is 0 Å². The van der Waals surface area contributed by atoms with Gasteiger partial charge in [-0.15, -0.1) is 0 Å². The number of halogens is 2. The molecule has 0 atom stereocenters. The van der Waals surface area contributed by atoms with Crippen LogP contribution in [-0.4, -0.2) is 0 Å². The number of fused-ring (bicyclic) bond motifs is 11. The highest BCUT2D eigenvalue weighted by molar-refractivity contribution is 14.1. The van der Waals surface area contributed by atoms with Gasteiger partial charge >= 0.3 is 0 Å². The normalized spacial score (nSPS) is 11.9. The lowest BCUT2D eigenvalue weighted by molar-refractivity contribution is 1.68. The predicted molar refractivity (Wildman–Crippen MR) is 139 cm³/mol. The molecule has 6 aromatic carbocycles. The van der Waals surface area contributed by atoms with Crippen LogP contribution in [0.15, 0.2) is 84.9 Å². The molecule has 0 bridgehead atoms. The first-order chi connectivity index (χ1) is 13.8. The molecular weight excluding hydrogens is 566 g/mol. The SMILES string of the molecule is Ic1ccc2c3ccccc3c3c4ccccc4c4ccccc4c3c2c1I. The van der Waals surface area contributed by atoms with Crippen LogP contribution in [-0.2, 0) is 0 Å². The lowest BCUT2D eigenvalue weighted by Gasteiger charge is -2.17. The van der Waals surface area contributed by atoms with E-state index in [-0.39, 0.29) is 0 Å². The third kappa shape index (κ3) is 2.22. The van der Waals surface area contributed by atoms with E-state index in [2.05, 4.69) is 130 Å². The molecule has 0 N–H and O–H groups in total. The standard InChI is InChI=1S/C26H14I2/c27-22-14-13-21-17-9-3-5-11-19(17)23-18-10-4-1-7-15(18)16-8-2-6-12-20(16)24(23)25(21)26(22)28/h1-14H. The van der Waals surface area contributed by atoms with E-state index in [0.717, 1.165) is 0 Å². The highest BCUT2D eigenvalue weighted by atomic mass is 127. The summed E-state index contributed by atoms with van der Waals surface area (Å²) in [4.78, 5) is 0. The van der Waals surface area contributed by atoms with Crippen molar-refractivity contribution in [2.24, 2.45) is 0 Å². The molecule has 28 heavy (non-hydrogen) atoms. The third-order valence-corrected chi connectivity index (χ3v) is 8.82. The number of hydrogen-bond acceptors (Lipinski definition) is 0. The van der Waals surface area contributed by atoms with Crippen molar-refractivity contribution in [1.82, 2.24) is 0 Å². The number of hydrogen-bond donors (Lipinski definition) is 0. The zero-order valence-corrected chi connectivity index (χ0v) is 19.2. The summed E-state index contributed by atoms with van der Waals surface area (Å²) in [6.07, 6.45) is 0. The first-order valence-electron chi connectivity index (χ1n) is 9.27. The minimum absolute atomic E-state index is 1.31. The predicted octanol–water partition coefficient (Wildman–Crippen LogP) is 8.66. The zero-order valence-electron chi connectivity index (χ0n) is 14.8. The molecule has 0 aromatic heterocycles. The second-order valence-electron chi connectivity index (χ2n) is 7.17. The van der Waals surface area contributed by atoms with Gasteiger partial charge in [0, 0.05) is 12.5 Å². The van der Waals surface area contributed by atoms with Gasteiger partial charge in [0.2, 0.25) is 0 Å². The number of rotatable bonds is 0. The van der Waals surface area contributed by atoms with Gasteiger partial charge in [-0.05, 0) is 99.7 Å². The lowest BCUT2D eigenvalue weighted by atomic mass is 9.87. The van der Waals surface area contributed by atoms with Crippen LogP contribution in [0, 0.1) is 7.14 Å². The van der Waals surface area contributed by atoms with E-state index in [0.29, 0.717) is 0 Å². The van der Waals surface area contributed by atoms with Gasteiger partial charge in [0.05, 0.1) is 0 Å². The molecule has 0 heterocycles. The molecule has 132 valence electrons. The molecule has 0 saturated carbocycles. The Bertz CT molecular complexity index is 1560. The van der Waals surface area contributed by atoms with Gasteiger partial charge in [0.1, 0.15) is 0 Å². The Morgan fingerprint density at radius 1 is 0.357 bits per heavy atom. The summed E-state index contributed by atoms with van der Waals surface area (Å²) >= 11 is 5.00. The van der Waals surface area contributed by atoms with Crippen LogP contribution in [0.4, 0.5) is 0 Å². The van der Waals surface area contributed by atoms with Crippen molar-refractivity contribution in [3.63, 3.8) is 0 Å². The molecule has 0 saturated heterocycles. The summed E-state index contributed by atoms with van der Waals surface area (Å²) in [5.74, 6) is 0. The summed E-state index contributed by atoms with van der Waals surface area (Å²) in [6.45, 7) is 0. The molecule has 0 aliphatic rings. The second kappa shape index (κ2) is 6.29. The Hall–Kier alpha value is -1.92. The van der Waals surface area contributed by atoms with E-state index in [1.807, 2.05) is 0 Å². The summed E-state index contributed by atoms with van der Waals surface area (Å²) in [5.41, 5.74) is 0. The molecule has 0 amide bonds. The Balaban J connectivity index is 2.15. The van der Waals surface area contributed by atoms with Gasteiger partial charge in [-0.1, -0.05) is 78.9 Å². The van der Waals surface area contributed by atoms with Crippen LogP contribution in [0.5, 0.6) is 0 Å². The average Bonchev–Trinajstić information content (AvgIpc) is 2.75. The second-order valence-corrected chi connectivity index (χ2v) is 9.41. The van der Waals surface area contributed by atoms with Gasteiger partial charge in [0.25, 0.3) is 0 Å². The van der Waals surface area contributed by atoms with Crippen LogP contribution in [0.2, 0.25) is 0 Å². The molecule has 6 rings (SSSR count). The fraction of sp³-hybridized carbons (Fsp3) is 0. The highest BCUT2D eigenvalue weighted by Gasteiger charge is 2.17. The molecule has 0 spiro atoms. The molecule has 0 aliphatic carbocycles. The summed E-state index contributed by atoms with van der Waals surface area (Å²) in [6, 6.07) is 31.1. The van der Waals surface area contributed by atoms with Gasteiger partial charge in [-0.25, -0.2) is 0 Å². The van der Waals surface area contributed by atoms with Gasteiger partial charge in [0.15, 0.2) is 0 Å². The quantitative estimate of drug-likeness (QED) is 0.125. The summed E-state index contributed by atoms with van der Waals surface area (Å²) < 4.78 is 2.64. The minimum atomic E-state index is 1.31. The van der Waals surface area contributed by atoms with Crippen LogP contribution in [0.25, 0.3) is 53.9 Å². The average molecular weight is 580 g/mol. The van der Waals surface area contributed by atoms with E-state index in [1.54, 1.807) is 0 Å². The van der Waals surface area contributed by atoms with Crippen LogP contribution >= 0.6 is 45.2 Å². The monoisotopic (exact) mass is 580 g/mol. The Kier molecular flexibility index (Phi) is 3.82. The van der Waals surface area contributed by atoms with Gasteiger partial charge < -0.3 is 0 Å². The van der Waals surface area contributed by atoms with Crippen molar-refractivity contribution in [1.29, 1.82) is 0 Å². The van der Waals surface area contributed by atoms with Crippen LogP contribution in [0.3, 0.4) is 0 Å². The fourth-order valence-corrected chi connectivity index (χ4v) is 5.83. The highest BCUT2D eigenvalue weighted by Crippen LogP contribution is 2.45. The van der Waals surface area contributed by atoms with Crippen molar-refractivity contribution >= 4 is 99.0 Å². The first-order valence-corrected chi connectivity index (χ1v) is 11.4. The molecule has 0 radical (unpaired) electrons. The molecular formula is C26H14I2. The van der Waals surface area contributed by atoms with Crippen LogP contribution in [0.1, 0.15) is 0 Å². The third-order valence-electron chi connectivity index (χ3n) is 5.76. The maximum Gasteiger partial charge on any atom is 0.0349 e. The molecule has 0 nitrogen and oxygen atoms in total. The molecule has 0 unspecified atom stereocenters. The maximum absolute atomic E-state index is 2.53. The lowest BCUT2D eigenvalue weighted by Crippen LogP contribution is -1.91. The Morgan fingerprint density at radius 3 is 1.29 bits per heavy atom. The fourth-order valence-electron chi connectivity index (χ4n) is 4.64. The van der Waals surface area contributed by atoms with Crippen molar-refractivity contribution in [2.45, 2.75) is 0 Å². The van der Waals surface area contributed by atoms with Crippen molar-refractivity contribution in [3.8, 4) is 0 Å². The first kappa shape index (κ1) is 17.0. The topological polar surface area (TPSA) is 0 Å².